The molecule has 0 aliphatic carbocycles. The number of amides is 1. The highest BCUT2D eigenvalue weighted by atomic mass is 35.5. The van der Waals surface area contributed by atoms with E-state index in [2.05, 4.69) is 15.5 Å². The number of carbonyl (C=O) groups is 1. The smallest absolute Gasteiger partial charge is 0.271 e. The predicted octanol–water partition coefficient (Wildman–Crippen LogP) is 4.58. The molecule has 1 N–H and O–H groups in total. The van der Waals surface area contributed by atoms with Crippen LogP contribution in [-0.4, -0.2) is 21.2 Å². The number of carbonyl (C=O) groups excluding carboxylic acids is 1. The van der Waals surface area contributed by atoms with Crippen molar-refractivity contribution in [3.05, 3.63) is 69.1 Å². The van der Waals surface area contributed by atoms with Gasteiger partial charge in [0, 0.05) is 30.8 Å². The van der Waals surface area contributed by atoms with E-state index in [4.69, 9.17) is 11.6 Å². The average molecular weight is 405 g/mol. The van der Waals surface area contributed by atoms with Gasteiger partial charge in [0.25, 0.3) is 5.91 Å². The fourth-order valence-corrected chi connectivity index (χ4v) is 4.03. The summed E-state index contributed by atoms with van der Waals surface area (Å²) in [5.41, 5.74) is 5.00. The zero-order valence-corrected chi connectivity index (χ0v) is 16.7. The van der Waals surface area contributed by atoms with Crippen LogP contribution in [0.5, 0.6) is 0 Å². The molecule has 0 unspecified atom stereocenters. The molecule has 1 aromatic carbocycles. The highest BCUT2D eigenvalue weighted by Gasteiger charge is 2.07. The van der Waals surface area contributed by atoms with E-state index in [9.17, 15) is 4.79 Å². The topological polar surface area (TPSA) is 59.3 Å². The molecule has 8 heteroatoms. The Morgan fingerprint density at radius 3 is 2.69 bits per heavy atom. The summed E-state index contributed by atoms with van der Waals surface area (Å²) in [7, 11) is 1.97. The zero-order valence-electron chi connectivity index (χ0n) is 14.3. The maximum Gasteiger partial charge on any atom is 0.271 e. The molecule has 2 aromatic heterocycles. The number of thioether (sulfide) groups is 1. The number of nitrogens with zero attached hydrogens (tertiary/aromatic N) is 3. The van der Waals surface area contributed by atoms with Crippen molar-refractivity contribution in [2.45, 2.75) is 17.8 Å². The number of rotatable bonds is 6. The molecule has 0 saturated heterocycles. The van der Waals surface area contributed by atoms with Crippen molar-refractivity contribution >= 4 is 46.3 Å². The van der Waals surface area contributed by atoms with Gasteiger partial charge in [-0.25, -0.2) is 10.4 Å². The Balaban J connectivity index is 1.57. The standard InChI is InChI=1S/C18H17ClN4OS2/c1-12(15-7-8-16(19)26-15)21-22-17(24)14-5-3-13(4-6-14)11-25-18-20-9-10-23(18)2/h3-10H,11H2,1-2H3,(H,22,24)/b21-12-. The van der Waals surface area contributed by atoms with Gasteiger partial charge in [0.05, 0.1) is 14.9 Å². The number of nitrogens with one attached hydrogen (secondary N) is 1. The van der Waals surface area contributed by atoms with Gasteiger partial charge in [0.15, 0.2) is 5.16 Å². The van der Waals surface area contributed by atoms with Gasteiger partial charge >= 0.3 is 0 Å². The number of hydrazone groups is 1. The van der Waals surface area contributed by atoms with E-state index in [1.165, 1.54) is 11.3 Å². The van der Waals surface area contributed by atoms with Crippen LogP contribution in [0.25, 0.3) is 0 Å². The minimum Gasteiger partial charge on any atom is -0.329 e. The first-order valence-corrected chi connectivity index (χ1v) is 10.0. The molecule has 2 heterocycles. The van der Waals surface area contributed by atoms with Crippen LogP contribution in [0.3, 0.4) is 0 Å². The first-order valence-electron chi connectivity index (χ1n) is 7.82. The fraction of sp³-hybridized carbons (Fsp3) is 0.167. The highest BCUT2D eigenvalue weighted by Crippen LogP contribution is 2.22. The molecule has 3 aromatic rings. The maximum absolute atomic E-state index is 12.2. The van der Waals surface area contributed by atoms with E-state index in [1.54, 1.807) is 30.1 Å². The summed E-state index contributed by atoms with van der Waals surface area (Å²) < 4.78 is 2.67. The molecular formula is C18H17ClN4OS2. The Bertz CT molecular complexity index is 931. The quantitative estimate of drug-likeness (QED) is 0.371. The average Bonchev–Trinajstić information content (AvgIpc) is 3.26. The summed E-state index contributed by atoms with van der Waals surface area (Å²) in [6.07, 6.45) is 3.70. The molecule has 0 saturated carbocycles. The highest BCUT2D eigenvalue weighted by molar-refractivity contribution is 7.98. The predicted molar refractivity (Wildman–Crippen MR) is 108 cm³/mol. The lowest BCUT2D eigenvalue weighted by Gasteiger charge is -2.04. The third kappa shape index (κ3) is 4.75. The number of hydrogen-bond acceptors (Lipinski definition) is 5. The minimum absolute atomic E-state index is 0.240. The second kappa shape index (κ2) is 8.53. The summed E-state index contributed by atoms with van der Waals surface area (Å²) in [6.45, 7) is 1.83. The Hall–Kier alpha value is -2.09. The zero-order chi connectivity index (χ0) is 18.5. The third-order valence-corrected chi connectivity index (χ3v) is 6.09. The SMILES string of the molecule is C/C(=N/NC(=O)c1ccc(CSc2nccn2C)cc1)c1ccc(Cl)s1. The van der Waals surface area contributed by atoms with E-state index in [0.29, 0.717) is 9.90 Å². The van der Waals surface area contributed by atoms with Gasteiger partial charge in [0.2, 0.25) is 0 Å². The van der Waals surface area contributed by atoms with Gasteiger partial charge < -0.3 is 4.57 Å². The summed E-state index contributed by atoms with van der Waals surface area (Å²) in [6, 6.07) is 11.2. The van der Waals surface area contributed by atoms with Crippen LogP contribution in [0.1, 0.15) is 27.7 Å². The molecule has 0 fully saturated rings. The lowest BCUT2D eigenvalue weighted by atomic mass is 10.1. The number of hydrogen-bond donors (Lipinski definition) is 1. The Morgan fingerprint density at radius 2 is 2.08 bits per heavy atom. The van der Waals surface area contributed by atoms with Gasteiger partial charge in [-0.3, -0.25) is 4.79 Å². The summed E-state index contributed by atoms with van der Waals surface area (Å²) >= 11 is 8.99. The number of halogens is 1. The number of aryl methyl sites for hydroxylation is 1. The van der Waals surface area contributed by atoms with Crippen LogP contribution < -0.4 is 5.43 Å². The van der Waals surface area contributed by atoms with Crippen molar-refractivity contribution in [1.82, 2.24) is 15.0 Å². The number of imidazole rings is 1. The van der Waals surface area contributed by atoms with Crippen molar-refractivity contribution in [3.63, 3.8) is 0 Å². The van der Waals surface area contributed by atoms with Crippen LogP contribution in [0.4, 0.5) is 0 Å². The lowest BCUT2D eigenvalue weighted by molar-refractivity contribution is 0.0955. The first-order chi connectivity index (χ1) is 12.5. The van der Waals surface area contributed by atoms with Crippen molar-refractivity contribution in [3.8, 4) is 0 Å². The summed E-state index contributed by atoms with van der Waals surface area (Å²) in [4.78, 5) is 17.4. The van der Waals surface area contributed by atoms with Crippen LogP contribution in [-0.2, 0) is 12.8 Å². The van der Waals surface area contributed by atoms with Gasteiger partial charge in [-0.2, -0.15) is 5.10 Å². The third-order valence-electron chi connectivity index (χ3n) is 3.62. The molecule has 0 spiro atoms. The van der Waals surface area contributed by atoms with E-state index in [-0.39, 0.29) is 5.91 Å². The molecule has 3 rings (SSSR count). The molecule has 0 bridgehead atoms. The van der Waals surface area contributed by atoms with Gasteiger partial charge in [-0.05, 0) is 36.8 Å². The molecular weight excluding hydrogens is 388 g/mol. The van der Waals surface area contributed by atoms with Gasteiger partial charge in [-0.1, -0.05) is 35.5 Å². The number of thiophene rings is 1. The molecule has 0 atom stereocenters. The van der Waals surface area contributed by atoms with Crippen LogP contribution in [0.15, 0.2) is 59.0 Å². The summed E-state index contributed by atoms with van der Waals surface area (Å²) in [5, 5.41) is 5.10. The Labute approximate surface area is 165 Å². The van der Waals surface area contributed by atoms with E-state index in [1.807, 2.05) is 49.0 Å². The Morgan fingerprint density at radius 1 is 1.31 bits per heavy atom. The van der Waals surface area contributed by atoms with E-state index >= 15 is 0 Å². The van der Waals surface area contributed by atoms with Crippen molar-refractivity contribution in [2.24, 2.45) is 12.1 Å². The molecule has 26 heavy (non-hydrogen) atoms. The van der Waals surface area contributed by atoms with Gasteiger partial charge in [0.1, 0.15) is 0 Å². The molecule has 0 aliphatic heterocycles. The van der Waals surface area contributed by atoms with Crippen molar-refractivity contribution in [1.29, 1.82) is 0 Å². The monoisotopic (exact) mass is 404 g/mol. The minimum atomic E-state index is -0.240. The Kier molecular flexibility index (Phi) is 6.13. The molecule has 5 nitrogen and oxygen atoms in total. The largest absolute Gasteiger partial charge is 0.329 e. The molecule has 0 aliphatic rings. The normalized spacial score (nSPS) is 11.6. The van der Waals surface area contributed by atoms with Gasteiger partial charge in [-0.15, -0.1) is 11.3 Å². The van der Waals surface area contributed by atoms with Crippen LogP contribution in [0.2, 0.25) is 4.34 Å². The van der Waals surface area contributed by atoms with Crippen LogP contribution in [0, 0.1) is 0 Å². The number of benzene rings is 1. The molecule has 0 radical (unpaired) electrons. The van der Waals surface area contributed by atoms with E-state index < -0.39 is 0 Å². The maximum atomic E-state index is 12.2. The summed E-state index contributed by atoms with van der Waals surface area (Å²) in [5.74, 6) is 0.554. The van der Waals surface area contributed by atoms with Crippen molar-refractivity contribution in [2.75, 3.05) is 0 Å². The fourth-order valence-electron chi connectivity index (χ4n) is 2.15. The van der Waals surface area contributed by atoms with Crippen molar-refractivity contribution < 1.29 is 4.79 Å². The second-order valence-electron chi connectivity index (χ2n) is 5.55. The lowest BCUT2D eigenvalue weighted by Crippen LogP contribution is -2.19. The van der Waals surface area contributed by atoms with E-state index in [0.717, 1.165) is 27.1 Å². The second-order valence-corrected chi connectivity index (χ2v) is 8.21. The number of aromatic nitrogens is 2. The molecule has 134 valence electrons. The van der Waals surface area contributed by atoms with Crippen LogP contribution >= 0.6 is 34.7 Å². The molecule has 1 amide bonds. The first kappa shape index (κ1) is 18.7.